The number of H-pyrrole nitrogens is 1. The number of hydrogen-bond donors (Lipinski definition) is 2. The normalized spacial score (nSPS) is 14.3. The van der Waals surface area contributed by atoms with E-state index < -0.39 is 0 Å². The average molecular weight is 271 g/mol. The summed E-state index contributed by atoms with van der Waals surface area (Å²) in [5, 5.41) is 0. The lowest BCUT2D eigenvalue weighted by Gasteiger charge is -2.15. The van der Waals surface area contributed by atoms with Crippen LogP contribution < -0.4 is 5.73 Å². The number of nitrogens with zero attached hydrogens (tertiary/aromatic N) is 1. The smallest absolute Gasteiger partial charge is 0.123 e. The van der Waals surface area contributed by atoms with E-state index in [2.05, 4.69) is 56.7 Å². The van der Waals surface area contributed by atoms with Gasteiger partial charge in [0, 0.05) is 5.56 Å². The highest BCUT2D eigenvalue weighted by atomic mass is 15.0. The molecule has 0 fully saturated rings. The Bertz CT molecular complexity index is 575. The zero-order valence-electron chi connectivity index (χ0n) is 13.1. The van der Waals surface area contributed by atoms with Gasteiger partial charge in [0.05, 0.1) is 17.9 Å². The molecule has 3 N–H and O–H groups in total. The molecule has 0 saturated carbocycles. The summed E-state index contributed by atoms with van der Waals surface area (Å²) >= 11 is 0. The number of hydrogen-bond acceptors (Lipinski definition) is 2. The zero-order valence-corrected chi connectivity index (χ0v) is 13.1. The van der Waals surface area contributed by atoms with Crippen molar-refractivity contribution in [3.8, 4) is 11.3 Å². The molecule has 0 aliphatic carbocycles. The van der Waals surface area contributed by atoms with Crippen LogP contribution in [0.4, 0.5) is 0 Å². The molecule has 1 heterocycles. The van der Waals surface area contributed by atoms with E-state index in [0.29, 0.717) is 5.92 Å². The van der Waals surface area contributed by atoms with E-state index >= 15 is 0 Å². The Labute approximate surface area is 121 Å². The highest BCUT2D eigenvalue weighted by molar-refractivity contribution is 5.67. The zero-order chi connectivity index (χ0) is 14.9. The van der Waals surface area contributed by atoms with Crippen LogP contribution in [0.3, 0.4) is 0 Å². The molecule has 108 valence electrons. The molecule has 0 radical (unpaired) electrons. The predicted molar refractivity (Wildman–Crippen MR) is 84.6 cm³/mol. The number of aromatic amines is 1. The van der Waals surface area contributed by atoms with Crippen LogP contribution in [0, 0.1) is 26.7 Å². The summed E-state index contributed by atoms with van der Waals surface area (Å²) in [6, 6.07) is 4.38. The van der Waals surface area contributed by atoms with Crippen LogP contribution >= 0.6 is 0 Å². The number of nitrogens with one attached hydrogen (secondary N) is 1. The Morgan fingerprint density at radius 1 is 1.20 bits per heavy atom. The lowest BCUT2D eigenvalue weighted by molar-refractivity contribution is 0.441. The topological polar surface area (TPSA) is 54.7 Å². The highest BCUT2D eigenvalue weighted by Gasteiger charge is 2.17. The van der Waals surface area contributed by atoms with Crippen LogP contribution in [0.1, 0.15) is 48.8 Å². The van der Waals surface area contributed by atoms with Gasteiger partial charge in [-0.3, -0.25) is 0 Å². The van der Waals surface area contributed by atoms with Crippen LogP contribution in [0.15, 0.2) is 18.3 Å². The van der Waals surface area contributed by atoms with Crippen LogP contribution in [-0.4, -0.2) is 9.97 Å². The molecular weight excluding hydrogens is 246 g/mol. The van der Waals surface area contributed by atoms with E-state index in [9.17, 15) is 0 Å². The van der Waals surface area contributed by atoms with Gasteiger partial charge in [-0.2, -0.15) is 0 Å². The number of benzene rings is 1. The van der Waals surface area contributed by atoms with Gasteiger partial charge in [0.25, 0.3) is 0 Å². The van der Waals surface area contributed by atoms with Gasteiger partial charge in [-0.15, -0.1) is 0 Å². The molecule has 3 nitrogen and oxygen atoms in total. The molecule has 0 bridgehead atoms. The second-order valence-electron chi connectivity index (χ2n) is 5.87. The van der Waals surface area contributed by atoms with E-state index in [1.807, 2.05) is 6.20 Å². The minimum atomic E-state index is -0.0280. The van der Waals surface area contributed by atoms with Crippen molar-refractivity contribution < 1.29 is 0 Å². The Hall–Kier alpha value is -1.61. The van der Waals surface area contributed by atoms with Crippen molar-refractivity contribution in [2.75, 3.05) is 0 Å². The SMILES string of the molecule is CCC(C)C(N)c1ncc(-c2c(C)cc(C)cc2C)[nH]1. The first kappa shape index (κ1) is 14.8. The summed E-state index contributed by atoms with van der Waals surface area (Å²) in [6.45, 7) is 10.7. The van der Waals surface area contributed by atoms with E-state index in [1.165, 1.54) is 22.3 Å². The summed E-state index contributed by atoms with van der Waals surface area (Å²) in [7, 11) is 0. The molecule has 2 rings (SSSR count). The quantitative estimate of drug-likeness (QED) is 0.881. The maximum Gasteiger partial charge on any atom is 0.123 e. The molecule has 2 aromatic rings. The highest BCUT2D eigenvalue weighted by Crippen LogP contribution is 2.28. The third kappa shape index (κ3) is 2.78. The third-order valence-corrected chi connectivity index (χ3v) is 4.11. The van der Waals surface area contributed by atoms with E-state index in [4.69, 9.17) is 5.73 Å². The summed E-state index contributed by atoms with van der Waals surface area (Å²) in [5.74, 6) is 1.31. The standard InChI is InChI=1S/C17H25N3/c1-6-11(3)16(18)17-19-9-14(20-17)15-12(4)7-10(2)8-13(15)5/h7-9,11,16H,6,18H2,1-5H3,(H,19,20). The minimum Gasteiger partial charge on any atom is -0.341 e. The largest absolute Gasteiger partial charge is 0.341 e. The molecule has 0 aliphatic heterocycles. The second kappa shape index (κ2) is 5.80. The van der Waals surface area contributed by atoms with Gasteiger partial charge >= 0.3 is 0 Å². The molecule has 20 heavy (non-hydrogen) atoms. The molecule has 2 unspecified atom stereocenters. The molecule has 0 saturated heterocycles. The predicted octanol–water partition coefficient (Wildman–Crippen LogP) is 4.05. The van der Waals surface area contributed by atoms with Crippen LogP contribution in [0.2, 0.25) is 0 Å². The Morgan fingerprint density at radius 3 is 2.35 bits per heavy atom. The fourth-order valence-electron chi connectivity index (χ4n) is 2.76. The lowest BCUT2D eigenvalue weighted by atomic mass is 9.97. The fourth-order valence-corrected chi connectivity index (χ4v) is 2.76. The number of nitrogens with two attached hydrogens (primary N) is 1. The maximum atomic E-state index is 6.25. The first-order chi connectivity index (χ1) is 9.43. The summed E-state index contributed by atoms with van der Waals surface area (Å²) in [4.78, 5) is 7.90. The van der Waals surface area contributed by atoms with Gasteiger partial charge in [0.1, 0.15) is 5.82 Å². The summed E-state index contributed by atoms with van der Waals surface area (Å²) in [5.41, 5.74) is 12.4. The number of aromatic nitrogens is 2. The van der Waals surface area contributed by atoms with E-state index in [1.54, 1.807) is 0 Å². The first-order valence-electron chi connectivity index (χ1n) is 7.32. The van der Waals surface area contributed by atoms with E-state index in [0.717, 1.165) is 17.9 Å². The summed E-state index contributed by atoms with van der Waals surface area (Å²) in [6.07, 6.45) is 2.96. The summed E-state index contributed by atoms with van der Waals surface area (Å²) < 4.78 is 0. The average Bonchev–Trinajstić information content (AvgIpc) is 2.85. The molecule has 0 spiro atoms. The fraction of sp³-hybridized carbons (Fsp3) is 0.471. The number of aryl methyl sites for hydroxylation is 3. The molecule has 2 atom stereocenters. The molecular formula is C17H25N3. The molecule has 1 aromatic heterocycles. The van der Waals surface area contributed by atoms with Crippen molar-refractivity contribution >= 4 is 0 Å². The first-order valence-corrected chi connectivity index (χ1v) is 7.32. The lowest BCUT2D eigenvalue weighted by Crippen LogP contribution is -2.19. The van der Waals surface area contributed by atoms with Gasteiger partial charge in [-0.05, 0) is 37.8 Å². The Kier molecular flexibility index (Phi) is 4.29. The Morgan fingerprint density at radius 2 is 1.80 bits per heavy atom. The van der Waals surface area contributed by atoms with Crippen LogP contribution in [-0.2, 0) is 0 Å². The van der Waals surface area contributed by atoms with Crippen LogP contribution in [0.5, 0.6) is 0 Å². The van der Waals surface area contributed by atoms with Crippen molar-refractivity contribution in [2.24, 2.45) is 11.7 Å². The Balaban J connectivity index is 2.39. The van der Waals surface area contributed by atoms with Gasteiger partial charge < -0.3 is 10.7 Å². The molecule has 0 aliphatic rings. The van der Waals surface area contributed by atoms with Gasteiger partial charge in [0.2, 0.25) is 0 Å². The van der Waals surface area contributed by atoms with Crippen molar-refractivity contribution in [3.63, 3.8) is 0 Å². The van der Waals surface area contributed by atoms with Gasteiger partial charge in [0.15, 0.2) is 0 Å². The maximum absolute atomic E-state index is 6.25. The number of rotatable bonds is 4. The van der Waals surface area contributed by atoms with Crippen molar-refractivity contribution in [2.45, 2.75) is 47.1 Å². The van der Waals surface area contributed by atoms with E-state index in [-0.39, 0.29) is 6.04 Å². The monoisotopic (exact) mass is 271 g/mol. The van der Waals surface area contributed by atoms with Gasteiger partial charge in [-0.1, -0.05) is 38.0 Å². The second-order valence-corrected chi connectivity index (χ2v) is 5.87. The van der Waals surface area contributed by atoms with Gasteiger partial charge in [-0.25, -0.2) is 4.98 Å². The molecule has 1 aromatic carbocycles. The van der Waals surface area contributed by atoms with Crippen molar-refractivity contribution in [3.05, 3.63) is 40.8 Å². The number of imidazole rings is 1. The third-order valence-electron chi connectivity index (χ3n) is 4.11. The molecule has 0 amide bonds. The minimum absolute atomic E-state index is 0.0280. The van der Waals surface area contributed by atoms with Crippen molar-refractivity contribution in [1.82, 2.24) is 9.97 Å². The van der Waals surface area contributed by atoms with Crippen molar-refractivity contribution in [1.29, 1.82) is 0 Å². The van der Waals surface area contributed by atoms with Crippen LogP contribution in [0.25, 0.3) is 11.3 Å². The molecule has 3 heteroatoms.